The molecule has 2 heterocycles. The molecule has 0 atom stereocenters. The number of aromatic nitrogens is 1. The number of halogens is 2. The topological polar surface area (TPSA) is 40.9 Å². The molecular formula is C29H31ClFN3O2. The second-order valence-corrected chi connectivity index (χ2v) is 9.88. The SMILES string of the molecule is Cc1c(-c2c(-c3ccc(F)cc3)n(C)c3cccc(O)c23)ccc(OCCN2CCN(C)CC2)c1Cl. The first kappa shape index (κ1) is 24.6. The third-order valence-corrected chi connectivity index (χ3v) is 7.67. The van der Waals surface area contributed by atoms with Crippen molar-refractivity contribution in [2.45, 2.75) is 6.92 Å². The molecule has 5 rings (SSSR count). The van der Waals surface area contributed by atoms with Gasteiger partial charge in [0, 0.05) is 50.7 Å². The lowest BCUT2D eigenvalue weighted by Gasteiger charge is -2.32. The summed E-state index contributed by atoms with van der Waals surface area (Å²) in [5.74, 6) is 0.550. The minimum Gasteiger partial charge on any atom is -0.507 e. The van der Waals surface area contributed by atoms with Crippen LogP contribution in [-0.4, -0.2) is 65.9 Å². The number of aryl methyl sites for hydroxylation is 1. The lowest BCUT2D eigenvalue weighted by atomic mass is 9.94. The van der Waals surface area contributed by atoms with Crippen LogP contribution in [0.5, 0.6) is 11.5 Å². The Bertz CT molecular complexity index is 1390. The number of rotatable bonds is 6. The molecule has 1 aliphatic heterocycles. The normalized spacial score (nSPS) is 15.0. The van der Waals surface area contributed by atoms with Gasteiger partial charge in [0.25, 0.3) is 0 Å². The summed E-state index contributed by atoms with van der Waals surface area (Å²) in [6.07, 6.45) is 0. The van der Waals surface area contributed by atoms with Crippen molar-refractivity contribution in [1.29, 1.82) is 0 Å². The smallest absolute Gasteiger partial charge is 0.138 e. The van der Waals surface area contributed by atoms with E-state index in [0.29, 0.717) is 17.4 Å². The summed E-state index contributed by atoms with van der Waals surface area (Å²) >= 11 is 6.84. The first-order valence-corrected chi connectivity index (χ1v) is 12.6. The number of piperazine rings is 1. The quantitative estimate of drug-likeness (QED) is 0.350. The molecule has 1 fully saturated rings. The van der Waals surface area contributed by atoms with Gasteiger partial charge >= 0.3 is 0 Å². The van der Waals surface area contributed by atoms with Crippen LogP contribution in [0.15, 0.2) is 54.6 Å². The number of fused-ring (bicyclic) bond motifs is 1. The van der Waals surface area contributed by atoms with Gasteiger partial charge in [-0.3, -0.25) is 4.90 Å². The zero-order chi connectivity index (χ0) is 25.4. The number of aromatic hydroxyl groups is 1. The van der Waals surface area contributed by atoms with Crippen LogP contribution in [0.25, 0.3) is 33.3 Å². The summed E-state index contributed by atoms with van der Waals surface area (Å²) in [6.45, 7) is 7.63. The predicted octanol–water partition coefficient (Wildman–Crippen LogP) is 5.95. The van der Waals surface area contributed by atoms with Crippen molar-refractivity contribution in [2.24, 2.45) is 7.05 Å². The van der Waals surface area contributed by atoms with E-state index >= 15 is 0 Å². The first-order valence-electron chi connectivity index (χ1n) is 12.2. The minimum atomic E-state index is -0.292. The highest BCUT2D eigenvalue weighted by Gasteiger charge is 2.23. The van der Waals surface area contributed by atoms with E-state index in [1.807, 2.05) is 42.8 Å². The van der Waals surface area contributed by atoms with E-state index in [-0.39, 0.29) is 11.6 Å². The molecule has 0 amide bonds. The van der Waals surface area contributed by atoms with Crippen LogP contribution in [0.2, 0.25) is 5.02 Å². The van der Waals surface area contributed by atoms with Crippen molar-refractivity contribution in [3.8, 4) is 33.9 Å². The second kappa shape index (κ2) is 10.1. The fraction of sp³-hybridized carbons (Fsp3) is 0.310. The Morgan fingerprint density at radius 3 is 2.42 bits per heavy atom. The van der Waals surface area contributed by atoms with Gasteiger partial charge in [-0.05, 0) is 73.1 Å². The molecule has 0 radical (unpaired) electrons. The van der Waals surface area contributed by atoms with Gasteiger partial charge in [-0.2, -0.15) is 0 Å². The first-order chi connectivity index (χ1) is 17.3. The molecule has 36 heavy (non-hydrogen) atoms. The molecule has 0 saturated carbocycles. The average Bonchev–Trinajstić information content (AvgIpc) is 3.17. The number of ether oxygens (including phenoxy) is 1. The molecule has 5 nitrogen and oxygen atoms in total. The largest absolute Gasteiger partial charge is 0.507 e. The molecule has 0 unspecified atom stereocenters. The van der Waals surface area contributed by atoms with E-state index in [2.05, 4.69) is 16.8 Å². The predicted molar refractivity (Wildman–Crippen MR) is 145 cm³/mol. The highest BCUT2D eigenvalue weighted by atomic mass is 35.5. The molecule has 0 spiro atoms. The molecule has 188 valence electrons. The highest BCUT2D eigenvalue weighted by Crippen LogP contribution is 2.47. The van der Waals surface area contributed by atoms with Crippen molar-refractivity contribution < 1.29 is 14.2 Å². The monoisotopic (exact) mass is 507 g/mol. The van der Waals surface area contributed by atoms with Gasteiger partial charge in [-0.15, -0.1) is 0 Å². The zero-order valence-corrected chi connectivity index (χ0v) is 21.6. The minimum absolute atomic E-state index is 0.189. The number of nitrogens with zero attached hydrogens (tertiary/aromatic N) is 3. The van der Waals surface area contributed by atoms with Gasteiger partial charge in [0.05, 0.1) is 16.2 Å². The lowest BCUT2D eigenvalue weighted by molar-refractivity contribution is 0.134. The van der Waals surface area contributed by atoms with Crippen LogP contribution in [0.1, 0.15) is 5.56 Å². The summed E-state index contributed by atoms with van der Waals surface area (Å²) in [6, 6.07) is 15.8. The van der Waals surface area contributed by atoms with Crippen LogP contribution >= 0.6 is 11.6 Å². The maximum atomic E-state index is 13.7. The molecule has 1 aliphatic rings. The second-order valence-electron chi connectivity index (χ2n) is 9.50. The van der Waals surface area contributed by atoms with Crippen molar-refractivity contribution in [1.82, 2.24) is 14.4 Å². The Labute approximate surface area is 216 Å². The molecule has 7 heteroatoms. The summed E-state index contributed by atoms with van der Waals surface area (Å²) in [5.41, 5.74) is 5.25. The Morgan fingerprint density at radius 2 is 1.69 bits per heavy atom. The fourth-order valence-corrected chi connectivity index (χ4v) is 5.30. The van der Waals surface area contributed by atoms with Gasteiger partial charge in [-0.25, -0.2) is 4.39 Å². The van der Waals surface area contributed by atoms with E-state index in [4.69, 9.17) is 16.3 Å². The maximum absolute atomic E-state index is 13.7. The third kappa shape index (κ3) is 4.57. The number of phenols is 1. The molecular weight excluding hydrogens is 477 g/mol. The molecule has 1 N–H and O–H groups in total. The third-order valence-electron chi connectivity index (χ3n) is 7.20. The molecule has 1 aromatic heterocycles. The number of hydrogen-bond acceptors (Lipinski definition) is 4. The lowest BCUT2D eigenvalue weighted by Crippen LogP contribution is -2.45. The van der Waals surface area contributed by atoms with Crippen molar-refractivity contribution in [3.63, 3.8) is 0 Å². The van der Waals surface area contributed by atoms with E-state index in [1.165, 1.54) is 12.1 Å². The van der Waals surface area contributed by atoms with Gasteiger partial charge < -0.3 is 19.3 Å². The van der Waals surface area contributed by atoms with Crippen LogP contribution in [0, 0.1) is 12.7 Å². The van der Waals surface area contributed by atoms with Crippen molar-refractivity contribution in [2.75, 3.05) is 46.4 Å². The summed E-state index contributed by atoms with van der Waals surface area (Å²) in [4.78, 5) is 4.74. The summed E-state index contributed by atoms with van der Waals surface area (Å²) < 4.78 is 21.8. The Morgan fingerprint density at radius 1 is 0.972 bits per heavy atom. The summed E-state index contributed by atoms with van der Waals surface area (Å²) in [7, 11) is 4.10. The van der Waals surface area contributed by atoms with Crippen LogP contribution in [-0.2, 0) is 7.05 Å². The number of phenolic OH excluding ortho intramolecular Hbond substituents is 1. The Hall–Kier alpha value is -3.06. The maximum Gasteiger partial charge on any atom is 0.138 e. The van der Waals surface area contributed by atoms with Crippen molar-refractivity contribution in [3.05, 3.63) is 71.0 Å². The van der Waals surface area contributed by atoms with Crippen LogP contribution < -0.4 is 4.74 Å². The van der Waals surface area contributed by atoms with Crippen molar-refractivity contribution >= 4 is 22.5 Å². The Balaban J connectivity index is 1.52. The van der Waals surface area contributed by atoms with E-state index in [9.17, 15) is 9.50 Å². The standard InChI is InChI=1S/C29H31ClFN3O2/c1-19-22(11-12-25(28(19)30)36-18-17-34-15-13-32(2)14-16-34)26-27-23(5-4-6-24(27)35)33(3)29(26)20-7-9-21(31)10-8-20/h4-12,35H,13-18H2,1-3H3. The van der Waals surface area contributed by atoms with Gasteiger partial charge in [0.1, 0.15) is 23.9 Å². The van der Waals surface area contributed by atoms with Gasteiger partial charge in [-0.1, -0.05) is 23.7 Å². The molecule has 0 aliphatic carbocycles. The van der Waals surface area contributed by atoms with E-state index < -0.39 is 0 Å². The zero-order valence-electron chi connectivity index (χ0n) is 20.9. The number of likely N-dealkylation sites (N-methyl/N-ethyl adjacent to an activating group) is 1. The molecule has 4 aromatic rings. The Kier molecular flexibility index (Phi) is 6.93. The molecule has 0 bridgehead atoms. The molecule has 1 saturated heterocycles. The summed E-state index contributed by atoms with van der Waals surface area (Å²) in [5, 5.41) is 12.2. The van der Waals surface area contributed by atoms with E-state index in [0.717, 1.165) is 71.6 Å². The van der Waals surface area contributed by atoms with E-state index in [1.54, 1.807) is 18.2 Å². The average molecular weight is 508 g/mol. The van der Waals surface area contributed by atoms with Gasteiger partial charge in [0.15, 0.2) is 0 Å². The van der Waals surface area contributed by atoms with Crippen LogP contribution in [0.3, 0.4) is 0 Å². The molecule has 3 aromatic carbocycles. The van der Waals surface area contributed by atoms with Crippen LogP contribution in [0.4, 0.5) is 4.39 Å². The highest BCUT2D eigenvalue weighted by molar-refractivity contribution is 6.33. The van der Waals surface area contributed by atoms with Gasteiger partial charge in [0.2, 0.25) is 0 Å². The number of benzene rings is 3. The number of hydrogen-bond donors (Lipinski definition) is 1. The fourth-order valence-electron chi connectivity index (χ4n) is 5.08.